The first kappa shape index (κ1) is 12.2. The maximum absolute atomic E-state index is 10.7. The Bertz CT molecular complexity index is 352. The van der Waals surface area contributed by atoms with Gasteiger partial charge in [0.05, 0.1) is 0 Å². The molecule has 0 saturated heterocycles. The second-order valence-corrected chi connectivity index (χ2v) is 3.74. The molecule has 1 aromatic rings. The van der Waals surface area contributed by atoms with Gasteiger partial charge in [0.1, 0.15) is 0 Å². The number of hydrogen-bond acceptors (Lipinski definition) is 6. The lowest BCUT2D eigenvalue weighted by atomic mass is 10.7. The molecule has 1 aromatic heterocycles. The number of amides is 1. The number of hydrogen-bond donors (Lipinski definition) is 0. The third-order valence-electron chi connectivity index (χ3n) is 1.87. The monoisotopic (exact) mass is 224 g/mol. The van der Waals surface area contributed by atoms with Crippen LogP contribution in [0.1, 0.15) is 0 Å². The first-order valence-corrected chi connectivity index (χ1v) is 4.74. The largest absolute Gasteiger partial charge is 0.347 e. The Kier molecular flexibility index (Phi) is 3.60. The molecule has 1 rings (SSSR count). The van der Waals surface area contributed by atoms with Crippen LogP contribution in [0.5, 0.6) is 0 Å². The molecule has 0 atom stereocenters. The van der Waals surface area contributed by atoms with E-state index < -0.39 is 0 Å². The second kappa shape index (κ2) is 4.73. The fourth-order valence-corrected chi connectivity index (χ4v) is 0.948. The third-order valence-corrected chi connectivity index (χ3v) is 1.87. The maximum atomic E-state index is 10.7. The van der Waals surface area contributed by atoms with Gasteiger partial charge in [-0.1, -0.05) is 0 Å². The van der Waals surface area contributed by atoms with E-state index in [-0.39, 0.29) is 0 Å². The molecule has 7 heteroatoms. The summed E-state index contributed by atoms with van der Waals surface area (Å²) in [5, 5.41) is 0. The lowest BCUT2D eigenvalue weighted by Crippen LogP contribution is -2.23. The predicted molar refractivity (Wildman–Crippen MR) is 62.9 cm³/mol. The summed E-state index contributed by atoms with van der Waals surface area (Å²) >= 11 is 0. The van der Waals surface area contributed by atoms with Crippen LogP contribution in [-0.2, 0) is 4.79 Å². The quantitative estimate of drug-likeness (QED) is 0.648. The van der Waals surface area contributed by atoms with Crippen LogP contribution in [-0.4, -0.2) is 56.6 Å². The maximum Gasteiger partial charge on any atom is 0.238 e. The van der Waals surface area contributed by atoms with E-state index in [4.69, 9.17) is 0 Å². The molecule has 1 heterocycles. The van der Waals surface area contributed by atoms with Crippen molar-refractivity contribution < 1.29 is 4.79 Å². The van der Waals surface area contributed by atoms with Crippen molar-refractivity contribution in [2.75, 3.05) is 49.9 Å². The highest BCUT2D eigenvalue weighted by Crippen LogP contribution is 2.14. The van der Waals surface area contributed by atoms with Gasteiger partial charge in [-0.25, -0.2) is 0 Å². The molecule has 88 valence electrons. The number of nitrogens with zero attached hydrogens (tertiary/aromatic N) is 6. The Balaban J connectivity index is 3.23. The number of aromatic nitrogens is 3. The van der Waals surface area contributed by atoms with Crippen LogP contribution in [0.3, 0.4) is 0 Å². The van der Waals surface area contributed by atoms with E-state index in [2.05, 4.69) is 15.0 Å². The molecule has 0 aliphatic carbocycles. The number of rotatable bonds is 4. The normalized spacial score (nSPS) is 9.81. The van der Waals surface area contributed by atoms with Crippen molar-refractivity contribution in [1.82, 2.24) is 15.0 Å². The fraction of sp³-hybridized carbons (Fsp3) is 0.556. The molecular formula is C9H16N6O. The molecule has 0 spiro atoms. The minimum atomic E-state index is 0.331. The van der Waals surface area contributed by atoms with Gasteiger partial charge in [0.25, 0.3) is 0 Å². The average molecular weight is 224 g/mol. The summed E-state index contributed by atoms with van der Waals surface area (Å²) in [6.07, 6.45) is 0.661. The molecule has 0 saturated carbocycles. The molecule has 0 aliphatic rings. The van der Waals surface area contributed by atoms with E-state index in [1.807, 2.05) is 28.2 Å². The zero-order valence-electron chi connectivity index (χ0n) is 10.2. The van der Waals surface area contributed by atoms with E-state index in [1.54, 1.807) is 16.8 Å². The Morgan fingerprint density at radius 3 is 1.50 bits per heavy atom. The Morgan fingerprint density at radius 2 is 1.19 bits per heavy atom. The molecule has 0 radical (unpaired) electrons. The summed E-state index contributed by atoms with van der Waals surface area (Å²) < 4.78 is 0. The second-order valence-electron chi connectivity index (χ2n) is 3.74. The van der Waals surface area contributed by atoms with Gasteiger partial charge in [-0.05, 0) is 0 Å². The number of carbonyl (C=O) groups excluding carboxylic acids is 1. The van der Waals surface area contributed by atoms with Crippen molar-refractivity contribution in [2.45, 2.75) is 0 Å². The van der Waals surface area contributed by atoms with E-state index in [0.29, 0.717) is 24.3 Å². The van der Waals surface area contributed by atoms with Gasteiger partial charge in [0.2, 0.25) is 24.3 Å². The van der Waals surface area contributed by atoms with Gasteiger partial charge in [0.15, 0.2) is 0 Å². The van der Waals surface area contributed by atoms with E-state index in [0.717, 1.165) is 0 Å². The van der Waals surface area contributed by atoms with Crippen LogP contribution < -0.4 is 14.7 Å². The van der Waals surface area contributed by atoms with Gasteiger partial charge in [-0.2, -0.15) is 15.0 Å². The molecule has 1 amide bonds. The molecule has 0 N–H and O–H groups in total. The summed E-state index contributed by atoms with van der Waals surface area (Å²) in [4.78, 5) is 28.0. The molecule has 16 heavy (non-hydrogen) atoms. The predicted octanol–water partition coefficient (Wildman–Crippen LogP) is -0.404. The van der Waals surface area contributed by atoms with Gasteiger partial charge >= 0.3 is 0 Å². The first-order chi connectivity index (χ1) is 7.45. The molecular weight excluding hydrogens is 208 g/mol. The van der Waals surface area contributed by atoms with E-state index >= 15 is 0 Å². The Morgan fingerprint density at radius 1 is 0.812 bits per heavy atom. The van der Waals surface area contributed by atoms with Crippen LogP contribution in [0.4, 0.5) is 17.8 Å². The van der Waals surface area contributed by atoms with E-state index in [1.165, 1.54) is 4.90 Å². The first-order valence-electron chi connectivity index (χ1n) is 4.74. The minimum Gasteiger partial charge on any atom is -0.347 e. The van der Waals surface area contributed by atoms with Crippen molar-refractivity contribution in [3.63, 3.8) is 0 Å². The van der Waals surface area contributed by atoms with Crippen molar-refractivity contribution in [2.24, 2.45) is 0 Å². The number of carbonyl (C=O) groups is 1. The summed E-state index contributed by atoms with van der Waals surface area (Å²) in [6.45, 7) is 0. The fourth-order valence-electron chi connectivity index (χ4n) is 0.948. The smallest absolute Gasteiger partial charge is 0.238 e. The van der Waals surface area contributed by atoms with Crippen molar-refractivity contribution in [3.8, 4) is 0 Å². The molecule has 0 bridgehead atoms. The summed E-state index contributed by atoms with van der Waals surface area (Å²) in [5.74, 6) is 1.36. The van der Waals surface area contributed by atoms with Crippen LogP contribution in [0.25, 0.3) is 0 Å². The third kappa shape index (κ3) is 2.56. The lowest BCUT2D eigenvalue weighted by molar-refractivity contribution is -0.107. The SMILES string of the molecule is CN(C)c1nc(N(C)C)nc(N(C)C=O)n1. The van der Waals surface area contributed by atoms with Gasteiger partial charge < -0.3 is 9.80 Å². The topological polar surface area (TPSA) is 65.5 Å². The lowest BCUT2D eigenvalue weighted by Gasteiger charge is -2.17. The Hall–Kier alpha value is -1.92. The van der Waals surface area contributed by atoms with Gasteiger partial charge in [0, 0.05) is 35.2 Å². The highest BCUT2D eigenvalue weighted by atomic mass is 16.1. The minimum absolute atomic E-state index is 0.331. The van der Waals surface area contributed by atoms with Crippen LogP contribution >= 0.6 is 0 Å². The highest BCUT2D eigenvalue weighted by Gasteiger charge is 2.11. The summed E-state index contributed by atoms with van der Waals surface area (Å²) in [7, 11) is 8.93. The average Bonchev–Trinajstić information content (AvgIpc) is 2.27. The van der Waals surface area contributed by atoms with Gasteiger partial charge in [-0.15, -0.1) is 0 Å². The van der Waals surface area contributed by atoms with Crippen LogP contribution in [0.15, 0.2) is 0 Å². The summed E-state index contributed by atoms with van der Waals surface area (Å²) in [5.41, 5.74) is 0. The molecule has 0 aliphatic heterocycles. The van der Waals surface area contributed by atoms with Crippen LogP contribution in [0.2, 0.25) is 0 Å². The van der Waals surface area contributed by atoms with Crippen molar-refractivity contribution in [3.05, 3.63) is 0 Å². The molecule has 0 fully saturated rings. The zero-order chi connectivity index (χ0) is 12.3. The van der Waals surface area contributed by atoms with E-state index in [9.17, 15) is 4.79 Å². The van der Waals surface area contributed by atoms with Gasteiger partial charge in [-0.3, -0.25) is 9.69 Å². The van der Waals surface area contributed by atoms with Crippen molar-refractivity contribution in [1.29, 1.82) is 0 Å². The van der Waals surface area contributed by atoms with Crippen molar-refractivity contribution >= 4 is 24.3 Å². The molecule has 0 aromatic carbocycles. The Labute approximate surface area is 94.7 Å². The highest BCUT2D eigenvalue weighted by molar-refractivity contribution is 5.70. The summed E-state index contributed by atoms with van der Waals surface area (Å²) in [6, 6.07) is 0. The number of anilines is 3. The molecule has 7 nitrogen and oxygen atoms in total. The van der Waals surface area contributed by atoms with Crippen LogP contribution in [0, 0.1) is 0 Å². The zero-order valence-corrected chi connectivity index (χ0v) is 10.2. The molecule has 0 unspecified atom stereocenters. The standard InChI is InChI=1S/C9H16N6O/c1-13(2)7-10-8(14(3)4)12-9(11-7)15(5)6-16/h6H,1-5H3.